The second kappa shape index (κ2) is 8.46. The molecule has 165 valence electrons. The number of pyridine rings is 1. The van der Waals surface area contributed by atoms with Gasteiger partial charge in [0.1, 0.15) is 0 Å². The van der Waals surface area contributed by atoms with E-state index in [1.165, 1.54) is 0 Å². The molecule has 0 saturated heterocycles. The first-order valence-electron chi connectivity index (χ1n) is 13.7. The fourth-order valence-corrected chi connectivity index (χ4v) is 4.67. The standard InChI is InChI=1S/C29H29N2.Ir/c1-17(2)21-12-9-13-22(18(3)4)27(21)28-20(6)30-29-24-11-8-7-10-23(24)25-16-19(5)14-15-26(25)31(28)29;/h7-10,12-18H,1-6H3;/q-1;/i5D3,6D3;. The van der Waals surface area contributed by atoms with Crippen LogP contribution in [0.4, 0.5) is 0 Å². The molecule has 0 bridgehead atoms. The van der Waals surface area contributed by atoms with Crippen LogP contribution in [0.25, 0.3) is 38.6 Å². The van der Waals surface area contributed by atoms with E-state index in [0.29, 0.717) is 22.2 Å². The van der Waals surface area contributed by atoms with E-state index in [9.17, 15) is 0 Å². The molecule has 3 aromatic carbocycles. The fraction of sp³-hybridized carbons (Fsp3) is 0.276. The summed E-state index contributed by atoms with van der Waals surface area (Å²) in [6.45, 7) is 3.67. The van der Waals surface area contributed by atoms with Crippen LogP contribution >= 0.6 is 0 Å². The van der Waals surface area contributed by atoms with E-state index < -0.39 is 13.7 Å². The molecule has 5 aromatic rings. The maximum atomic E-state index is 8.46. The third-order valence-corrected chi connectivity index (χ3v) is 6.09. The Morgan fingerprint density at radius 1 is 0.906 bits per heavy atom. The molecule has 0 N–H and O–H groups in total. The van der Waals surface area contributed by atoms with Gasteiger partial charge < -0.3 is 4.40 Å². The van der Waals surface area contributed by atoms with Gasteiger partial charge in [0.25, 0.3) is 0 Å². The van der Waals surface area contributed by atoms with Gasteiger partial charge in [0.2, 0.25) is 0 Å². The molecule has 0 amide bonds. The van der Waals surface area contributed by atoms with Crippen molar-refractivity contribution >= 4 is 27.3 Å². The van der Waals surface area contributed by atoms with Gasteiger partial charge in [0, 0.05) is 39.4 Å². The predicted molar refractivity (Wildman–Crippen MR) is 132 cm³/mol. The number of imidazole rings is 1. The van der Waals surface area contributed by atoms with E-state index in [1.807, 2.05) is 22.6 Å². The molecule has 3 heteroatoms. The molecule has 0 aliphatic carbocycles. The Morgan fingerprint density at radius 2 is 1.66 bits per heavy atom. The molecule has 0 spiro atoms. The van der Waals surface area contributed by atoms with Crippen LogP contribution in [0.3, 0.4) is 0 Å². The average molecular weight is 604 g/mol. The van der Waals surface area contributed by atoms with Crippen LogP contribution < -0.4 is 0 Å². The summed E-state index contributed by atoms with van der Waals surface area (Å²) in [5.74, 6) is 0.285. The van der Waals surface area contributed by atoms with Crippen molar-refractivity contribution in [1.29, 1.82) is 0 Å². The Morgan fingerprint density at radius 3 is 2.31 bits per heavy atom. The summed E-state index contributed by atoms with van der Waals surface area (Å²) < 4.78 is 51.2. The molecule has 2 nitrogen and oxygen atoms in total. The van der Waals surface area contributed by atoms with Gasteiger partial charge in [-0.1, -0.05) is 69.0 Å². The van der Waals surface area contributed by atoms with Crippen LogP contribution in [0, 0.1) is 19.8 Å². The summed E-state index contributed by atoms with van der Waals surface area (Å²) >= 11 is 0. The van der Waals surface area contributed by atoms with E-state index in [0.717, 1.165) is 27.5 Å². The summed E-state index contributed by atoms with van der Waals surface area (Å²) in [5, 5.41) is 2.16. The van der Waals surface area contributed by atoms with Crippen molar-refractivity contribution in [3.05, 3.63) is 83.0 Å². The van der Waals surface area contributed by atoms with Gasteiger partial charge in [-0.05, 0) is 48.1 Å². The number of hydrogen-bond acceptors (Lipinski definition) is 1. The third kappa shape index (κ3) is 3.39. The van der Waals surface area contributed by atoms with Crippen LogP contribution in [0.2, 0.25) is 0 Å². The zero-order valence-electron chi connectivity index (χ0n) is 24.6. The third-order valence-electron chi connectivity index (χ3n) is 6.09. The molecule has 2 aromatic heterocycles. The normalized spacial score (nSPS) is 15.3. The Bertz CT molecular complexity index is 1640. The van der Waals surface area contributed by atoms with Crippen molar-refractivity contribution in [2.45, 2.75) is 53.2 Å². The predicted octanol–water partition coefficient (Wildman–Crippen LogP) is 7.97. The van der Waals surface area contributed by atoms with Crippen molar-refractivity contribution in [1.82, 2.24) is 9.38 Å². The van der Waals surface area contributed by atoms with Crippen LogP contribution in [0.5, 0.6) is 0 Å². The molecule has 1 radical (unpaired) electrons. The number of aryl methyl sites for hydroxylation is 2. The first-order chi connectivity index (χ1) is 17.3. The fourth-order valence-electron chi connectivity index (χ4n) is 4.67. The van der Waals surface area contributed by atoms with Gasteiger partial charge in [0.15, 0.2) is 0 Å². The largest absolute Gasteiger partial charge is 0.333 e. The maximum Gasteiger partial charge on any atom is 0.0669 e. The monoisotopic (exact) mass is 604 g/mol. The molecule has 0 fully saturated rings. The zero-order valence-corrected chi connectivity index (χ0v) is 21.0. The van der Waals surface area contributed by atoms with Gasteiger partial charge in [-0.2, -0.15) is 0 Å². The van der Waals surface area contributed by atoms with Crippen molar-refractivity contribution < 1.29 is 28.3 Å². The van der Waals surface area contributed by atoms with Crippen LogP contribution in [0.15, 0.2) is 54.6 Å². The topological polar surface area (TPSA) is 17.3 Å². The molecule has 0 atom stereocenters. The summed E-state index contributed by atoms with van der Waals surface area (Å²) in [7, 11) is 0. The molecule has 2 heterocycles. The van der Waals surface area contributed by atoms with Crippen molar-refractivity contribution in [2.24, 2.45) is 0 Å². The minimum Gasteiger partial charge on any atom is -0.333 e. The Balaban J connectivity index is 0.00000336. The van der Waals surface area contributed by atoms with Gasteiger partial charge in [0.05, 0.1) is 17.0 Å². The minimum absolute atomic E-state index is 0. The number of aromatic nitrogens is 2. The first-order valence-corrected chi connectivity index (χ1v) is 10.7. The molecular weight excluding hydrogens is 569 g/mol. The van der Waals surface area contributed by atoms with Gasteiger partial charge in [-0.15, -0.1) is 29.7 Å². The molecule has 0 aliphatic heterocycles. The van der Waals surface area contributed by atoms with Crippen molar-refractivity contribution in [2.75, 3.05) is 0 Å². The van der Waals surface area contributed by atoms with E-state index in [1.54, 1.807) is 24.3 Å². The van der Waals surface area contributed by atoms with Crippen LogP contribution in [-0.2, 0) is 20.1 Å². The number of nitrogens with zero attached hydrogens (tertiary/aromatic N) is 2. The number of benzene rings is 3. The SMILES string of the molecule is [2H]C([2H])([2H])c1ccc2c(c1)c1ccc[c-]c1c1nc(C([2H])([2H])[2H])c(-c3c(C(C)C)cccc3C(C)C)n21.[Ir]. The number of rotatable bonds is 3. The number of hydrogen-bond donors (Lipinski definition) is 0. The second-order valence-electron chi connectivity index (χ2n) is 8.78. The Labute approximate surface area is 212 Å². The van der Waals surface area contributed by atoms with Gasteiger partial charge >= 0.3 is 0 Å². The van der Waals surface area contributed by atoms with Gasteiger partial charge in [-0.25, -0.2) is 0 Å². The number of fused-ring (bicyclic) bond motifs is 6. The summed E-state index contributed by atoms with van der Waals surface area (Å²) in [5.41, 5.74) is 4.98. The molecule has 32 heavy (non-hydrogen) atoms. The Kier molecular flexibility index (Phi) is 4.28. The minimum atomic E-state index is -2.47. The van der Waals surface area contributed by atoms with Crippen molar-refractivity contribution in [3.8, 4) is 11.3 Å². The smallest absolute Gasteiger partial charge is 0.0669 e. The van der Waals surface area contributed by atoms with E-state index in [2.05, 4.69) is 45.9 Å². The summed E-state index contributed by atoms with van der Waals surface area (Å²) in [6, 6.07) is 20.0. The summed E-state index contributed by atoms with van der Waals surface area (Å²) in [4.78, 5) is 4.77. The molecular formula is C29H29IrN2-. The quantitative estimate of drug-likeness (QED) is 0.151. The zero-order chi connectivity index (χ0) is 26.9. The van der Waals surface area contributed by atoms with Crippen molar-refractivity contribution in [3.63, 3.8) is 0 Å². The van der Waals surface area contributed by atoms with Crippen LogP contribution in [-0.4, -0.2) is 9.38 Å². The molecule has 0 unspecified atom stereocenters. The van der Waals surface area contributed by atoms with E-state index in [-0.39, 0.29) is 43.2 Å². The average Bonchev–Trinajstić information content (AvgIpc) is 3.24. The molecule has 0 aliphatic rings. The van der Waals surface area contributed by atoms with E-state index in [4.69, 9.17) is 13.2 Å². The second-order valence-corrected chi connectivity index (χ2v) is 8.78. The molecule has 0 saturated carbocycles. The Hall–Kier alpha value is -2.48. The van der Waals surface area contributed by atoms with E-state index >= 15 is 0 Å². The summed E-state index contributed by atoms with van der Waals surface area (Å²) in [6.07, 6.45) is 0. The first kappa shape index (κ1) is 16.2. The molecule has 5 rings (SSSR count). The van der Waals surface area contributed by atoms with Gasteiger partial charge in [-0.3, -0.25) is 4.98 Å². The van der Waals surface area contributed by atoms with Crippen LogP contribution in [0.1, 0.15) is 70.1 Å². The maximum absolute atomic E-state index is 8.46.